The predicted octanol–water partition coefficient (Wildman–Crippen LogP) is 0.654. The normalized spacial score (nSPS) is 20.3. The van der Waals surface area contributed by atoms with E-state index in [0.29, 0.717) is 6.54 Å². The first-order valence-corrected chi connectivity index (χ1v) is 6.25. The van der Waals surface area contributed by atoms with Crippen LogP contribution in [0.25, 0.3) is 0 Å². The van der Waals surface area contributed by atoms with Crippen LogP contribution < -0.4 is 5.32 Å². The lowest BCUT2D eigenvalue weighted by atomic mass is 9.84. The average Bonchev–Trinajstić information content (AvgIpc) is 2.27. The zero-order chi connectivity index (χ0) is 13.8. The number of piperidine rings is 1. The van der Waals surface area contributed by atoms with E-state index in [1.807, 2.05) is 0 Å². The van der Waals surface area contributed by atoms with Crippen molar-refractivity contribution in [1.29, 1.82) is 0 Å². The maximum atomic E-state index is 11.8. The number of carboxylic acids is 1. The summed E-state index contributed by atoms with van der Waals surface area (Å²) in [6, 6.07) is -0.180. The third kappa shape index (κ3) is 4.52. The molecule has 1 unspecified atom stereocenters. The van der Waals surface area contributed by atoms with E-state index in [-0.39, 0.29) is 24.4 Å². The van der Waals surface area contributed by atoms with Crippen molar-refractivity contribution in [2.75, 3.05) is 19.6 Å². The van der Waals surface area contributed by atoms with Crippen molar-refractivity contribution >= 4 is 12.0 Å². The molecule has 0 bridgehead atoms. The molecule has 0 aromatic carbocycles. The number of urea groups is 1. The fourth-order valence-electron chi connectivity index (χ4n) is 2.15. The van der Waals surface area contributed by atoms with Crippen molar-refractivity contribution in [2.24, 2.45) is 5.41 Å². The molecule has 0 radical (unpaired) electrons. The number of carboxylic acid groups (broad SMARTS) is 1. The lowest BCUT2D eigenvalue weighted by Gasteiger charge is -2.37. The van der Waals surface area contributed by atoms with Crippen LogP contribution in [0.5, 0.6) is 0 Å². The van der Waals surface area contributed by atoms with Crippen molar-refractivity contribution in [2.45, 2.75) is 39.2 Å². The summed E-state index contributed by atoms with van der Waals surface area (Å²) < 4.78 is 0. The Kier molecular flexibility index (Phi) is 4.95. The minimum Gasteiger partial charge on any atom is -0.479 e. The largest absolute Gasteiger partial charge is 0.479 e. The first-order chi connectivity index (χ1) is 8.32. The van der Waals surface area contributed by atoms with E-state index in [2.05, 4.69) is 19.2 Å². The fraction of sp³-hybridized carbons (Fsp3) is 0.833. The number of aliphatic hydroxyl groups excluding tert-OH is 1. The first-order valence-electron chi connectivity index (χ1n) is 6.25. The molecule has 1 heterocycles. The molecule has 1 atom stereocenters. The lowest BCUT2D eigenvalue weighted by Crippen LogP contribution is -2.48. The molecule has 18 heavy (non-hydrogen) atoms. The Morgan fingerprint density at radius 3 is 2.67 bits per heavy atom. The van der Waals surface area contributed by atoms with Crippen molar-refractivity contribution in [3.63, 3.8) is 0 Å². The molecule has 0 saturated carbocycles. The molecule has 0 spiro atoms. The van der Waals surface area contributed by atoms with Crippen molar-refractivity contribution in [1.82, 2.24) is 10.2 Å². The predicted molar refractivity (Wildman–Crippen MR) is 66.2 cm³/mol. The van der Waals surface area contributed by atoms with Gasteiger partial charge in [0.2, 0.25) is 0 Å². The molecule has 104 valence electrons. The Balaban J connectivity index is 2.30. The third-order valence-corrected chi connectivity index (χ3v) is 3.17. The number of likely N-dealkylation sites (tertiary alicyclic amines) is 1. The highest BCUT2D eigenvalue weighted by Gasteiger charge is 2.28. The second-order valence-electron chi connectivity index (χ2n) is 5.56. The molecule has 1 saturated heterocycles. The Bertz CT molecular complexity index is 317. The number of hydrogen-bond donors (Lipinski definition) is 3. The molecular formula is C12H22N2O4. The maximum absolute atomic E-state index is 11.8. The van der Waals surface area contributed by atoms with Gasteiger partial charge in [-0.1, -0.05) is 13.8 Å². The molecule has 2 amide bonds. The summed E-state index contributed by atoms with van der Waals surface area (Å²) in [7, 11) is 0. The number of carbonyl (C=O) groups is 2. The quantitative estimate of drug-likeness (QED) is 0.690. The standard InChI is InChI=1S/C12H22N2O4/c1-12(2)5-3-7-14(8-12)11(18)13-6-4-9(15)10(16)17/h9,15H,3-8H2,1-2H3,(H,13,18)(H,16,17). The number of carbonyl (C=O) groups excluding carboxylic acids is 1. The Labute approximate surface area is 107 Å². The molecule has 6 heteroatoms. The number of nitrogens with zero attached hydrogens (tertiary/aromatic N) is 1. The van der Waals surface area contributed by atoms with Crippen LogP contribution in [0.15, 0.2) is 0 Å². The monoisotopic (exact) mass is 258 g/mol. The van der Waals surface area contributed by atoms with Gasteiger partial charge in [0.1, 0.15) is 0 Å². The van der Waals surface area contributed by atoms with E-state index in [4.69, 9.17) is 10.2 Å². The number of amides is 2. The Morgan fingerprint density at radius 1 is 1.44 bits per heavy atom. The van der Waals surface area contributed by atoms with Gasteiger partial charge >= 0.3 is 12.0 Å². The SMILES string of the molecule is CC1(C)CCCN(C(=O)NCCC(O)C(=O)O)C1. The minimum absolute atomic E-state index is 0.0261. The molecule has 6 nitrogen and oxygen atoms in total. The second-order valence-corrected chi connectivity index (χ2v) is 5.56. The highest BCUT2D eigenvalue weighted by atomic mass is 16.4. The number of aliphatic hydroxyl groups is 1. The lowest BCUT2D eigenvalue weighted by molar-refractivity contribution is -0.146. The van der Waals surface area contributed by atoms with Crippen LogP contribution in [-0.4, -0.2) is 52.9 Å². The number of rotatable bonds is 4. The first kappa shape index (κ1) is 14.8. The van der Waals surface area contributed by atoms with Crippen LogP contribution >= 0.6 is 0 Å². The van der Waals surface area contributed by atoms with Gasteiger partial charge in [0.25, 0.3) is 0 Å². The highest BCUT2D eigenvalue weighted by Crippen LogP contribution is 2.28. The van der Waals surface area contributed by atoms with Gasteiger partial charge in [0, 0.05) is 26.1 Å². The molecule has 0 aromatic rings. The smallest absolute Gasteiger partial charge is 0.332 e. The average molecular weight is 258 g/mol. The molecule has 1 rings (SSSR count). The summed E-state index contributed by atoms with van der Waals surface area (Å²) in [4.78, 5) is 24.0. The topological polar surface area (TPSA) is 89.9 Å². The molecule has 1 aliphatic heterocycles. The van der Waals surface area contributed by atoms with Crippen molar-refractivity contribution in [3.8, 4) is 0 Å². The van der Waals surface area contributed by atoms with Crippen LogP contribution in [0, 0.1) is 5.41 Å². The molecule has 1 aliphatic rings. The summed E-state index contributed by atoms with van der Waals surface area (Å²) in [5.41, 5.74) is 0.135. The van der Waals surface area contributed by atoms with E-state index >= 15 is 0 Å². The van der Waals surface area contributed by atoms with Gasteiger partial charge in [0.05, 0.1) is 0 Å². The minimum atomic E-state index is -1.41. The van der Waals surface area contributed by atoms with Gasteiger partial charge in [-0.15, -0.1) is 0 Å². The van der Waals surface area contributed by atoms with Crippen LogP contribution in [0.4, 0.5) is 4.79 Å². The van der Waals surface area contributed by atoms with Gasteiger partial charge in [0.15, 0.2) is 6.10 Å². The number of nitrogens with one attached hydrogen (secondary N) is 1. The summed E-state index contributed by atoms with van der Waals surface area (Å²) in [5, 5.41) is 20.2. The summed E-state index contributed by atoms with van der Waals surface area (Å²) >= 11 is 0. The summed E-state index contributed by atoms with van der Waals surface area (Å²) in [5.74, 6) is -1.26. The summed E-state index contributed by atoms with van der Waals surface area (Å²) in [6.07, 6.45) is 0.702. The van der Waals surface area contributed by atoms with Crippen molar-refractivity contribution < 1.29 is 19.8 Å². The van der Waals surface area contributed by atoms with Gasteiger partial charge in [-0.25, -0.2) is 9.59 Å². The summed E-state index contributed by atoms with van der Waals surface area (Å²) in [6.45, 7) is 5.86. The third-order valence-electron chi connectivity index (χ3n) is 3.17. The fourth-order valence-corrected chi connectivity index (χ4v) is 2.15. The van der Waals surface area contributed by atoms with Crippen LogP contribution in [-0.2, 0) is 4.79 Å². The zero-order valence-electron chi connectivity index (χ0n) is 11.0. The van der Waals surface area contributed by atoms with Gasteiger partial charge in [-0.2, -0.15) is 0 Å². The molecule has 1 fully saturated rings. The Hall–Kier alpha value is -1.30. The van der Waals surface area contributed by atoms with E-state index in [1.54, 1.807) is 4.90 Å². The van der Waals surface area contributed by atoms with Crippen LogP contribution in [0.2, 0.25) is 0 Å². The van der Waals surface area contributed by atoms with E-state index in [1.165, 1.54) is 0 Å². The molecule has 3 N–H and O–H groups in total. The van der Waals surface area contributed by atoms with E-state index in [0.717, 1.165) is 19.4 Å². The van der Waals surface area contributed by atoms with Gasteiger partial charge < -0.3 is 20.4 Å². The molecule has 0 aliphatic carbocycles. The second kappa shape index (κ2) is 6.04. The maximum Gasteiger partial charge on any atom is 0.332 e. The number of hydrogen-bond acceptors (Lipinski definition) is 3. The molecular weight excluding hydrogens is 236 g/mol. The van der Waals surface area contributed by atoms with Crippen LogP contribution in [0.3, 0.4) is 0 Å². The van der Waals surface area contributed by atoms with Crippen molar-refractivity contribution in [3.05, 3.63) is 0 Å². The number of aliphatic carboxylic acids is 1. The zero-order valence-corrected chi connectivity index (χ0v) is 11.0. The highest BCUT2D eigenvalue weighted by molar-refractivity contribution is 5.75. The molecule has 0 aromatic heterocycles. The van der Waals surface area contributed by atoms with E-state index < -0.39 is 12.1 Å². The van der Waals surface area contributed by atoms with Crippen LogP contribution in [0.1, 0.15) is 33.1 Å². The Morgan fingerprint density at radius 2 is 2.11 bits per heavy atom. The van der Waals surface area contributed by atoms with E-state index in [9.17, 15) is 9.59 Å². The van der Waals surface area contributed by atoms with Gasteiger partial charge in [-0.05, 0) is 18.3 Å². The van der Waals surface area contributed by atoms with Gasteiger partial charge in [-0.3, -0.25) is 0 Å².